The normalized spacial score (nSPS) is 23.3. The largest absolute Gasteiger partial charge is 0.463 e. The van der Waals surface area contributed by atoms with Gasteiger partial charge in [-0.2, -0.15) is 0 Å². The van der Waals surface area contributed by atoms with Crippen molar-refractivity contribution in [3.63, 3.8) is 0 Å². The van der Waals surface area contributed by atoms with E-state index < -0.39 is 47.7 Å². The Bertz CT molecular complexity index is 1260. The molecular formula is C22H22BrN5O7S2. The minimum absolute atomic E-state index is 0.210. The lowest BCUT2D eigenvalue weighted by atomic mass is 9.96. The molecule has 3 aromatic rings. The lowest BCUT2D eigenvalue weighted by molar-refractivity contribution is -0.212. The molecule has 4 heterocycles. The molecule has 3 aromatic heterocycles. The second-order valence-corrected chi connectivity index (χ2v) is 10.8. The van der Waals surface area contributed by atoms with Crippen LogP contribution in [-0.4, -0.2) is 73.2 Å². The van der Waals surface area contributed by atoms with Crippen LogP contribution in [0.15, 0.2) is 45.6 Å². The Morgan fingerprint density at radius 1 is 1.14 bits per heavy atom. The molecule has 0 spiro atoms. The zero-order chi connectivity index (χ0) is 26.5. The average Bonchev–Trinajstić information content (AvgIpc) is 3.51. The highest BCUT2D eigenvalue weighted by Crippen LogP contribution is 2.41. The van der Waals surface area contributed by atoms with Gasteiger partial charge < -0.3 is 18.9 Å². The zero-order valence-corrected chi connectivity index (χ0v) is 23.1. The van der Waals surface area contributed by atoms with Crippen LogP contribution in [-0.2, 0) is 33.3 Å². The van der Waals surface area contributed by atoms with Crippen molar-refractivity contribution in [3.05, 3.63) is 40.7 Å². The standard InChI is InChI=1S/C22H22BrN5O7S2/c1-11(29)32-10-17-19(33-12(2)30)18(28-9-16(26-27-28)21-25-4-5-36-21)20(34-13(3)31)22(35-17)37-15-6-14(23)7-24-8-15/h4-9,17-20,22H,10H2,1-3H3/t17?,18-,19-,20?,22+/m0/s1. The number of carbonyl (C=O) groups is 3. The topological polar surface area (TPSA) is 145 Å². The zero-order valence-electron chi connectivity index (χ0n) is 19.8. The van der Waals surface area contributed by atoms with Crippen molar-refractivity contribution < 1.29 is 33.3 Å². The van der Waals surface area contributed by atoms with Gasteiger partial charge in [-0.3, -0.25) is 19.4 Å². The second kappa shape index (κ2) is 12.1. The summed E-state index contributed by atoms with van der Waals surface area (Å²) in [6, 6.07) is 0.955. The molecule has 1 aliphatic rings. The number of aromatic nitrogens is 5. The maximum absolute atomic E-state index is 12.2. The van der Waals surface area contributed by atoms with Crippen molar-refractivity contribution in [3.8, 4) is 10.7 Å². The molecule has 5 atom stereocenters. The SMILES string of the molecule is CC(=O)OCC1O[C@H](Sc2cncc(Br)c2)C(OC(C)=O)[C@@H](n2cc(-c3nccs3)nn2)[C@H]1OC(C)=O. The maximum Gasteiger partial charge on any atom is 0.303 e. The van der Waals surface area contributed by atoms with Crippen LogP contribution in [0, 0.1) is 0 Å². The van der Waals surface area contributed by atoms with Crippen LogP contribution in [0.3, 0.4) is 0 Å². The van der Waals surface area contributed by atoms with Gasteiger partial charge in [0.2, 0.25) is 0 Å². The van der Waals surface area contributed by atoms with Crippen molar-refractivity contribution in [2.45, 2.75) is 55.5 Å². The summed E-state index contributed by atoms with van der Waals surface area (Å²) >= 11 is 6.02. The lowest BCUT2D eigenvalue weighted by Crippen LogP contribution is -2.57. The number of rotatable bonds is 8. The predicted octanol–water partition coefficient (Wildman–Crippen LogP) is 3.04. The third-order valence-corrected chi connectivity index (χ3v) is 7.41. The molecule has 1 fully saturated rings. The molecule has 1 aliphatic heterocycles. The number of halogens is 1. The number of carbonyl (C=O) groups excluding carboxylic acids is 3. The molecule has 0 radical (unpaired) electrons. The highest BCUT2D eigenvalue weighted by Gasteiger charge is 2.52. The van der Waals surface area contributed by atoms with E-state index in [9.17, 15) is 14.4 Å². The number of ether oxygens (including phenoxy) is 4. The minimum Gasteiger partial charge on any atom is -0.463 e. The monoisotopic (exact) mass is 611 g/mol. The molecule has 0 saturated carbocycles. The number of hydrogen-bond acceptors (Lipinski definition) is 13. The number of hydrogen-bond donors (Lipinski definition) is 0. The molecule has 0 aliphatic carbocycles. The fraction of sp³-hybridized carbons (Fsp3) is 0.409. The number of thiazole rings is 1. The molecule has 0 amide bonds. The van der Waals surface area contributed by atoms with E-state index in [1.54, 1.807) is 30.2 Å². The van der Waals surface area contributed by atoms with E-state index >= 15 is 0 Å². The average molecular weight is 612 g/mol. The highest BCUT2D eigenvalue weighted by molar-refractivity contribution is 9.10. The van der Waals surface area contributed by atoms with Crippen LogP contribution in [0.1, 0.15) is 26.8 Å². The quantitative estimate of drug-likeness (QED) is 0.272. The number of thioether (sulfide) groups is 1. The van der Waals surface area contributed by atoms with Crippen molar-refractivity contribution in [2.24, 2.45) is 0 Å². The van der Waals surface area contributed by atoms with Gasteiger partial charge >= 0.3 is 17.9 Å². The third kappa shape index (κ3) is 6.91. The van der Waals surface area contributed by atoms with Crippen molar-refractivity contribution in [1.29, 1.82) is 0 Å². The van der Waals surface area contributed by atoms with E-state index in [0.717, 1.165) is 9.37 Å². The van der Waals surface area contributed by atoms with Gasteiger partial charge in [0.05, 0.1) is 6.20 Å². The van der Waals surface area contributed by atoms with Crippen LogP contribution in [0.2, 0.25) is 0 Å². The van der Waals surface area contributed by atoms with Crippen LogP contribution >= 0.6 is 39.0 Å². The summed E-state index contributed by atoms with van der Waals surface area (Å²) in [5.74, 6) is -1.71. The first-order valence-corrected chi connectivity index (χ1v) is 13.5. The first-order valence-electron chi connectivity index (χ1n) is 10.9. The van der Waals surface area contributed by atoms with E-state index in [4.69, 9.17) is 18.9 Å². The van der Waals surface area contributed by atoms with Crippen LogP contribution in [0.25, 0.3) is 10.7 Å². The van der Waals surface area contributed by atoms with Gasteiger partial charge in [0.25, 0.3) is 0 Å². The molecule has 0 bridgehead atoms. The summed E-state index contributed by atoms with van der Waals surface area (Å²) in [5.41, 5.74) is -0.327. The summed E-state index contributed by atoms with van der Waals surface area (Å²) in [5, 5.41) is 10.9. The molecule has 2 unspecified atom stereocenters. The lowest BCUT2D eigenvalue weighted by Gasteiger charge is -2.44. The summed E-state index contributed by atoms with van der Waals surface area (Å²) in [4.78, 5) is 45.1. The summed E-state index contributed by atoms with van der Waals surface area (Å²) in [7, 11) is 0. The van der Waals surface area contributed by atoms with E-state index in [1.807, 2.05) is 6.07 Å². The first-order chi connectivity index (χ1) is 17.7. The highest BCUT2D eigenvalue weighted by atomic mass is 79.9. The molecule has 4 rings (SSSR count). The Morgan fingerprint density at radius 2 is 1.89 bits per heavy atom. The molecular weight excluding hydrogens is 590 g/mol. The molecule has 12 nitrogen and oxygen atoms in total. The van der Waals surface area contributed by atoms with E-state index in [1.165, 1.54) is 48.6 Å². The van der Waals surface area contributed by atoms with Gasteiger partial charge in [0, 0.05) is 54.1 Å². The number of esters is 3. The van der Waals surface area contributed by atoms with Crippen LogP contribution in [0.5, 0.6) is 0 Å². The Morgan fingerprint density at radius 3 is 2.54 bits per heavy atom. The third-order valence-electron chi connectivity index (χ3n) is 5.07. The van der Waals surface area contributed by atoms with Gasteiger partial charge in [-0.1, -0.05) is 17.0 Å². The summed E-state index contributed by atoms with van der Waals surface area (Å²) in [6.07, 6.45) is 3.61. The molecule has 1 saturated heterocycles. The van der Waals surface area contributed by atoms with Crippen LogP contribution in [0.4, 0.5) is 0 Å². The first kappa shape index (κ1) is 27.2. The fourth-order valence-electron chi connectivity index (χ4n) is 3.74. The predicted molar refractivity (Wildman–Crippen MR) is 134 cm³/mol. The molecule has 37 heavy (non-hydrogen) atoms. The summed E-state index contributed by atoms with van der Waals surface area (Å²) in [6.45, 7) is 3.57. The Labute approximate surface area is 228 Å². The summed E-state index contributed by atoms with van der Waals surface area (Å²) < 4.78 is 25.1. The maximum atomic E-state index is 12.2. The Kier molecular flexibility index (Phi) is 8.89. The van der Waals surface area contributed by atoms with Gasteiger partial charge in [-0.25, -0.2) is 9.67 Å². The van der Waals surface area contributed by atoms with Crippen molar-refractivity contribution >= 4 is 56.9 Å². The Balaban J connectivity index is 1.78. The van der Waals surface area contributed by atoms with Crippen LogP contribution < -0.4 is 0 Å². The molecule has 0 aromatic carbocycles. The molecule has 0 N–H and O–H groups in total. The van der Waals surface area contributed by atoms with Crippen molar-refractivity contribution in [2.75, 3.05) is 6.61 Å². The van der Waals surface area contributed by atoms with E-state index in [2.05, 4.69) is 36.2 Å². The van der Waals surface area contributed by atoms with E-state index in [-0.39, 0.29) is 6.61 Å². The van der Waals surface area contributed by atoms with E-state index in [0.29, 0.717) is 10.7 Å². The van der Waals surface area contributed by atoms with Gasteiger partial charge in [0.15, 0.2) is 12.2 Å². The van der Waals surface area contributed by atoms with Crippen molar-refractivity contribution in [1.82, 2.24) is 25.0 Å². The second-order valence-electron chi connectivity index (χ2n) is 7.86. The molecule has 196 valence electrons. The molecule has 15 heteroatoms. The van der Waals surface area contributed by atoms with Gasteiger partial charge in [-0.15, -0.1) is 16.4 Å². The smallest absolute Gasteiger partial charge is 0.303 e. The van der Waals surface area contributed by atoms with Gasteiger partial charge in [0.1, 0.15) is 34.9 Å². The van der Waals surface area contributed by atoms with Gasteiger partial charge in [-0.05, 0) is 22.0 Å². The number of nitrogens with zero attached hydrogens (tertiary/aromatic N) is 5. The number of pyridine rings is 1. The Hall–Kier alpha value is -2.88. The fourth-order valence-corrected chi connectivity index (χ4v) is 5.98. The minimum atomic E-state index is -1.04.